The molecule has 0 aliphatic heterocycles. The molecular weight excluding hydrogens is 155 g/mol. The Labute approximate surface area is 66.3 Å². The maximum atomic E-state index is 5.23. The minimum Gasteiger partial charge on any atom is -0.361 e. The molecule has 0 bridgehead atoms. The third-order valence-corrected chi connectivity index (χ3v) is 1.12. The zero-order valence-corrected chi connectivity index (χ0v) is 6.03. The fourth-order valence-electron chi connectivity index (χ4n) is 0.687. The molecule has 0 aromatic heterocycles. The number of hydrogen-bond acceptors (Lipinski definition) is 0. The van der Waals surface area contributed by atoms with Gasteiger partial charge in [-0.1, -0.05) is 12.8 Å². The molecule has 1 aliphatic carbocycles. The van der Waals surface area contributed by atoms with Gasteiger partial charge >= 0.3 is 16.5 Å². The summed E-state index contributed by atoms with van der Waals surface area (Å²) in [5.74, 6) is 0. The molecule has 1 rings (SSSR count). The molecule has 0 saturated carbocycles. The number of rotatable bonds is 1. The molecule has 1 heteroatoms. The molecule has 0 heterocycles. The molecule has 0 fully saturated rings. The van der Waals surface area contributed by atoms with E-state index in [4.69, 9.17) is 6.58 Å². The second-order valence-electron chi connectivity index (χ2n) is 1.75. The summed E-state index contributed by atoms with van der Waals surface area (Å²) in [5, 5.41) is 0. The van der Waals surface area contributed by atoms with Gasteiger partial charge in [-0.2, -0.15) is 6.08 Å². The van der Waals surface area contributed by atoms with Crippen molar-refractivity contribution in [1.29, 1.82) is 0 Å². The fourth-order valence-corrected chi connectivity index (χ4v) is 0.687. The van der Waals surface area contributed by atoms with Crippen LogP contribution in [-0.2, 0) is 16.5 Å². The van der Waals surface area contributed by atoms with Crippen molar-refractivity contribution in [3.8, 4) is 0 Å². The van der Waals surface area contributed by atoms with Gasteiger partial charge in [-0.25, -0.2) is 0 Å². The molecule has 0 spiro atoms. The van der Waals surface area contributed by atoms with E-state index >= 15 is 0 Å². The van der Waals surface area contributed by atoms with Gasteiger partial charge < -0.3 is 18.2 Å². The van der Waals surface area contributed by atoms with Gasteiger partial charge in [0.2, 0.25) is 0 Å². The largest absolute Gasteiger partial charge is 2.00 e. The zero-order valence-electron chi connectivity index (χ0n) is 5.04. The van der Waals surface area contributed by atoms with Crippen LogP contribution in [0, 0.1) is 12.7 Å². The second-order valence-corrected chi connectivity index (χ2v) is 1.75. The van der Waals surface area contributed by atoms with Crippen LogP contribution in [0.1, 0.15) is 12.8 Å². The third kappa shape index (κ3) is 2.67. The quantitative estimate of drug-likeness (QED) is 0.409. The van der Waals surface area contributed by atoms with Gasteiger partial charge in [0.15, 0.2) is 0 Å². The van der Waals surface area contributed by atoms with E-state index in [0.29, 0.717) is 0 Å². The third-order valence-electron chi connectivity index (χ3n) is 1.12. The number of allylic oxidation sites excluding steroid dienone is 5. The monoisotopic (exact) mass is 162 g/mol. The van der Waals surface area contributed by atoms with Gasteiger partial charge in [-0.05, 0) is 0 Å². The van der Waals surface area contributed by atoms with Crippen molar-refractivity contribution in [2.75, 3.05) is 0 Å². The van der Waals surface area contributed by atoms with Crippen molar-refractivity contribution in [1.82, 2.24) is 0 Å². The molecule has 0 aromatic carbocycles. The molecule has 1 aliphatic rings. The van der Waals surface area contributed by atoms with Gasteiger partial charge in [-0.15, -0.1) is 0 Å². The number of hydrogen-bond donors (Lipinski definition) is 0. The topological polar surface area (TPSA) is 0 Å². The molecule has 0 aromatic rings. The van der Waals surface area contributed by atoms with E-state index in [1.807, 2.05) is 6.08 Å². The first kappa shape index (κ1) is 8.71. The van der Waals surface area contributed by atoms with Crippen LogP contribution < -0.4 is 0 Å². The SMILES string of the molecule is [CH-]=CC1=CCCC=[C-]1.[Ni+2]. The average Bonchev–Trinajstić information content (AvgIpc) is 1.90. The predicted molar refractivity (Wildman–Crippen MR) is 34.0 cm³/mol. The predicted octanol–water partition coefficient (Wildman–Crippen LogP) is 2.05. The van der Waals surface area contributed by atoms with Gasteiger partial charge in [0.1, 0.15) is 0 Å². The van der Waals surface area contributed by atoms with Gasteiger partial charge in [-0.3, -0.25) is 12.2 Å². The van der Waals surface area contributed by atoms with Crippen LogP contribution in [0.5, 0.6) is 0 Å². The molecule has 0 radical (unpaired) electrons. The Morgan fingerprint density at radius 3 is 2.67 bits per heavy atom. The van der Waals surface area contributed by atoms with Crippen LogP contribution in [-0.4, -0.2) is 0 Å². The van der Waals surface area contributed by atoms with Crippen molar-refractivity contribution < 1.29 is 16.5 Å². The normalized spacial score (nSPS) is 15.8. The summed E-state index contributed by atoms with van der Waals surface area (Å²) in [7, 11) is 0. The summed E-state index contributed by atoms with van der Waals surface area (Å²) in [6.07, 6.45) is 10.9. The van der Waals surface area contributed by atoms with Crippen molar-refractivity contribution in [3.63, 3.8) is 0 Å². The van der Waals surface area contributed by atoms with E-state index in [2.05, 4.69) is 12.2 Å². The van der Waals surface area contributed by atoms with Crippen molar-refractivity contribution in [3.05, 3.63) is 36.5 Å². The van der Waals surface area contributed by atoms with Gasteiger partial charge in [0, 0.05) is 0 Å². The Morgan fingerprint density at radius 1 is 1.56 bits per heavy atom. The molecule has 0 N–H and O–H groups in total. The summed E-state index contributed by atoms with van der Waals surface area (Å²) >= 11 is 0. The molecule has 0 nitrogen and oxygen atoms in total. The molecule has 50 valence electrons. The minimum atomic E-state index is 0. The maximum Gasteiger partial charge on any atom is 2.00 e. The van der Waals surface area contributed by atoms with E-state index in [1.54, 1.807) is 6.08 Å². The summed E-state index contributed by atoms with van der Waals surface area (Å²) in [6, 6.07) is 0. The summed E-state index contributed by atoms with van der Waals surface area (Å²) < 4.78 is 0. The van der Waals surface area contributed by atoms with Crippen molar-refractivity contribution >= 4 is 0 Å². The van der Waals surface area contributed by atoms with Crippen LogP contribution in [0.3, 0.4) is 0 Å². The van der Waals surface area contributed by atoms with E-state index in [1.165, 1.54) is 0 Å². The van der Waals surface area contributed by atoms with E-state index in [-0.39, 0.29) is 16.5 Å². The zero-order chi connectivity index (χ0) is 5.82. The Balaban J connectivity index is 0.000000640. The molecule has 0 atom stereocenters. The van der Waals surface area contributed by atoms with Gasteiger partial charge in [0.05, 0.1) is 0 Å². The maximum absolute atomic E-state index is 5.23. The van der Waals surface area contributed by atoms with Crippen LogP contribution in [0.15, 0.2) is 23.8 Å². The van der Waals surface area contributed by atoms with Crippen LogP contribution in [0.25, 0.3) is 0 Å². The fraction of sp³-hybridized carbons (Fsp3) is 0.250. The standard InChI is InChI=1S/C8H8.Ni/c1-2-8-6-4-3-5-7-8;/h1-2,4,7H,3,5H2;/q-2;+2. The summed E-state index contributed by atoms with van der Waals surface area (Å²) in [6.45, 7) is 5.23. The molecule has 0 saturated heterocycles. The Morgan fingerprint density at radius 2 is 2.33 bits per heavy atom. The first-order valence-corrected chi connectivity index (χ1v) is 2.77. The van der Waals surface area contributed by atoms with E-state index in [0.717, 1.165) is 18.4 Å². The molecule has 9 heavy (non-hydrogen) atoms. The Kier molecular flexibility index (Phi) is 4.43. The average molecular weight is 163 g/mol. The molecular formula is C8H8Ni. The smallest absolute Gasteiger partial charge is 0.361 e. The summed E-state index contributed by atoms with van der Waals surface area (Å²) in [5.41, 5.74) is 1.02. The Bertz CT molecular complexity index is 143. The van der Waals surface area contributed by atoms with E-state index in [9.17, 15) is 0 Å². The molecule has 0 unspecified atom stereocenters. The first-order valence-electron chi connectivity index (χ1n) is 2.77. The van der Waals surface area contributed by atoms with Crippen molar-refractivity contribution in [2.45, 2.75) is 12.8 Å². The van der Waals surface area contributed by atoms with Crippen LogP contribution in [0.4, 0.5) is 0 Å². The van der Waals surface area contributed by atoms with E-state index < -0.39 is 0 Å². The second kappa shape index (κ2) is 4.58. The summed E-state index contributed by atoms with van der Waals surface area (Å²) in [4.78, 5) is 0. The van der Waals surface area contributed by atoms with Gasteiger partial charge in [0.25, 0.3) is 0 Å². The Hall–Kier alpha value is -0.286. The first-order chi connectivity index (χ1) is 3.93. The van der Waals surface area contributed by atoms with Crippen LogP contribution >= 0.6 is 0 Å². The minimum absolute atomic E-state index is 0. The van der Waals surface area contributed by atoms with Crippen molar-refractivity contribution in [2.24, 2.45) is 0 Å². The molecule has 0 amide bonds. The van der Waals surface area contributed by atoms with Crippen LogP contribution in [0.2, 0.25) is 0 Å².